The molecule has 2 aliphatic rings. The van der Waals surface area contributed by atoms with Crippen molar-refractivity contribution in [1.82, 2.24) is 20.4 Å². The van der Waals surface area contributed by atoms with Crippen molar-refractivity contribution >= 4 is 18.3 Å². The smallest absolute Gasteiger partial charge is 0.248 e. The predicted octanol–water partition coefficient (Wildman–Crippen LogP) is 0.694. The standard InChI is InChI=1S/C16H26N4O3.ClH/c1-13(11-23-14-3-10-22-12-14)19-15(21)16(4-7-17-8-5-16)20-9-2-6-18-20;/h2,6,9,13-14,17H,3-5,7-8,10-12H2,1H3,(H,19,21);1H. The fraction of sp³-hybridized carbons (Fsp3) is 0.750. The fourth-order valence-corrected chi connectivity index (χ4v) is 3.25. The maximum absolute atomic E-state index is 12.9. The van der Waals surface area contributed by atoms with Crippen molar-refractivity contribution in [2.24, 2.45) is 0 Å². The van der Waals surface area contributed by atoms with Crippen LogP contribution >= 0.6 is 12.4 Å². The lowest BCUT2D eigenvalue weighted by Gasteiger charge is -2.37. The van der Waals surface area contributed by atoms with E-state index in [1.807, 2.05) is 23.9 Å². The molecule has 136 valence electrons. The summed E-state index contributed by atoms with van der Waals surface area (Å²) in [7, 11) is 0. The molecule has 2 N–H and O–H groups in total. The van der Waals surface area contributed by atoms with Crippen molar-refractivity contribution < 1.29 is 14.3 Å². The Hall–Kier alpha value is -1.15. The van der Waals surface area contributed by atoms with Crippen LogP contribution in [0, 0.1) is 0 Å². The maximum atomic E-state index is 12.9. The van der Waals surface area contributed by atoms with Gasteiger partial charge in [0, 0.05) is 25.0 Å². The minimum absolute atomic E-state index is 0. The normalized spacial score (nSPS) is 24.1. The Kier molecular flexibility index (Phi) is 7.03. The van der Waals surface area contributed by atoms with Crippen molar-refractivity contribution in [3.8, 4) is 0 Å². The van der Waals surface area contributed by atoms with Gasteiger partial charge in [-0.3, -0.25) is 9.48 Å². The van der Waals surface area contributed by atoms with Gasteiger partial charge in [0.15, 0.2) is 0 Å². The van der Waals surface area contributed by atoms with E-state index in [1.165, 1.54) is 0 Å². The molecule has 0 aromatic carbocycles. The summed E-state index contributed by atoms with van der Waals surface area (Å²) in [5, 5.41) is 10.8. The van der Waals surface area contributed by atoms with Crippen molar-refractivity contribution in [1.29, 1.82) is 0 Å². The van der Waals surface area contributed by atoms with Crippen LogP contribution in [0.25, 0.3) is 0 Å². The Morgan fingerprint density at radius 2 is 2.33 bits per heavy atom. The van der Waals surface area contributed by atoms with E-state index in [-0.39, 0.29) is 30.5 Å². The Bertz CT molecular complexity index is 499. The monoisotopic (exact) mass is 358 g/mol. The summed E-state index contributed by atoms with van der Waals surface area (Å²) < 4.78 is 12.9. The summed E-state index contributed by atoms with van der Waals surface area (Å²) in [5.74, 6) is 0.0291. The van der Waals surface area contributed by atoms with E-state index in [2.05, 4.69) is 15.7 Å². The number of amides is 1. The molecular formula is C16H27ClN4O3. The van der Waals surface area contributed by atoms with E-state index in [0.717, 1.165) is 39.0 Å². The molecule has 1 aromatic rings. The number of ether oxygens (including phenoxy) is 2. The first kappa shape index (κ1) is 19.2. The van der Waals surface area contributed by atoms with Crippen LogP contribution in [0.2, 0.25) is 0 Å². The quantitative estimate of drug-likeness (QED) is 0.782. The molecule has 1 amide bonds. The van der Waals surface area contributed by atoms with Gasteiger partial charge in [-0.05, 0) is 45.3 Å². The summed E-state index contributed by atoms with van der Waals surface area (Å²) in [6.45, 7) is 5.54. The summed E-state index contributed by atoms with van der Waals surface area (Å²) in [4.78, 5) is 12.9. The first-order valence-corrected chi connectivity index (χ1v) is 8.42. The van der Waals surface area contributed by atoms with Crippen LogP contribution < -0.4 is 10.6 Å². The lowest BCUT2D eigenvalue weighted by Crippen LogP contribution is -2.56. The van der Waals surface area contributed by atoms with E-state index < -0.39 is 5.54 Å². The zero-order valence-corrected chi connectivity index (χ0v) is 14.9. The highest BCUT2D eigenvalue weighted by Crippen LogP contribution is 2.27. The highest BCUT2D eigenvalue weighted by molar-refractivity contribution is 5.85. The van der Waals surface area contributed by atoms with Crippen molar-refractivity contribution in [2.45, 2.75) is 43.9 Å². The Morgan fingerprint density at radius 3 is 2.96 bits per heavy atom. The second kappa shape index (κ2) is 8.80. The highest BCUT2D eigenvalue weighted by atomic mass is 35.5. The molecule has 1 aromatic heterocycles. The zero-order valence-electron chi connectivity index (χ0n) is 14.1. The number of hydrogen-bond acceptors (Lipinski definition) is 5. The van der Waals surface area contributed by atoms with Gasteiger partial charge in [-0.25, -0.2) is 0 Å². The van der Waals surface area contributed by atoms with Gasteiger partial charge in [0.05, 0.1) is 19.3 Å². The van der Waals surface area contributed by atoms with Gasteiger partial charge in [-0.1, -0.05) is 0 Å². The molecule has 2 fully saturated rings. The largest absolute Gasteiger partial charge is 0.379 e. The maximum Gasteiger partial charge on any atom is 0.248 e. The molecule has 8 heteroatoms. The minimum Gasteiger partial charge on any atom is -0.379 e. The van der Waals surface area contributed by atoms with Crippen molar-refractivity contribution in [3.05, 3.63) is 18.5 Å². The molecule has 2 saturated heterocycles. The second-order valence-corrected chi connectivity index (χ2v) is 6.43. The summed E-state index contributed by atoms with van der Waals surface area (Å²) in [6, 6.07) is 1.83. The second-order valence-electron chi connectivity index (χ2n) is 6.43. The SMILES string of the molecule is CC(COC1CCOC1)NC(=O)C1(n2cccn2)CCNCC1.Cl. The molecule has 2 atom stereocenters. The van der Waals surface area contributed by atoms with Gasteiger partial charge in [0.25, 0.3) is 0 Å². The molecule has 2 unspecified atom stereocenters. The van der Waals surface area contributed by atoms with Crippen molar-refractivity contribution in [3.63, 3.8) is 0 Å². The van der Waals surface area contributed by atoms with Gasteiger partial charge in [-0.15, -0.1) is 12.4 Å². The number of aromatic nitrogens is 2. The van der Waals surface area contributed by atoms with E-state index in [9.17, 15) is 4.79 Å². The van der Waals surface area contributed by atoms with Crippen LogP contribution in [0.3, 0.4) is 0 Å². The zero-order chi connectivity index (χ0) is 16.1. The third-order valence-electron chi connectivity index (χ3n) is 4.64. The molecule has 3 rings (SSSR count). The number of rotatable bonds is 6. The molecule has 7 nitrogen and oxygen atoms in total. The van der Waals surface area contributed by atoms with Gasteiger partial charge in [-0.2, -0.15) is 5.10 Å². The lowest BCUT2D eigenvalue weighted by molar-refractivity contribution is -0.133. The van der Waals surface area contributed by atoms with E-state index >= 15 is 0 Å². The molecule has 0 spiro atoms. The Balaban J connectivity index is 0.00000208. The molecule has 24 heavy (non-hydrogen) atoms. The van der Waals surface area contributed by atoms with Gasteiger partial charge in [0.2, 0.25) is 5.91 Å². The van der Waals surface area contributed by atoms with E-state index in [0.29, 0.717) is 13.2 Å². The van der Waals surface area contributed by atoms with Crippen LogP contribution in [0.1, 0.15) is 26.2 Å². The molecular weight excluding hydrogens is 332 g/mol. The topological polar surface area (TPSA) is 77.4 Å². The fourth-order valence-electron chi connectivity index (χ4n) is 3.25. The molecule has 0 bridgehead atoms. The van der Waals surface area contributed by atoms with Crippen LogP contribution in [0.15, 0.2) is 18.5 Å². The molecule has 0 saturated carbocycles. The van der Waals surface area contributed by atoms with Crippen LogP contribution in [-0.4, -0.2) is 60.7 Å². The van der Waals surface area contributed by atoms with E-state index in [1.54, 1.807) is 6.20 Å². The Morgan fingerprint density at radius 1 is 1.54 bits per heavy atom. The first-order valence-electron chi connectivity index (χ1n) is 8.42. The van der Waals surface area contributed by atoms with Gasteiger partial charge in [0.1, 0.15) is 5.54 Å². The number of carbonyl (C=O) groups is 1. The third-order valence-corrected chi connectivity index (χ3v) is 4.64. The summed E-state index contributed by atoms with van der Waals surface area (Å²) in [5.41, 5.74) is -0.598. The molecule has 3 heterocycles. The average molecular weight is 359 g/mol. The van der Waals surface area contributed by atoms with Crippen LogP contribution in [-0.2, 0) is 19.8 Å². The first-order chi connectivity index (χ1) is 11.2. The van der Waals surface area contributed by atoms with Crippen molar-refractivity contribution in [2.75, 3.05) is 32.9 Å². The third kappa shape index (κ3) is 4.27. The lowest BCUT2D eigenvalue weighted by atomic mass is 9.87. The van der Waals surface area contributed by atoms with Gasteiger partial charge < -0.3 is 20.1 Å². The number of halogens is 1. The number of carbonyl (C=O) groups excluding carboxylic acids is 1. The molecule has 0 aliphatic carbocycles. The van der Waals surface area contributed by atoms with Crippen LogP contribution in [0.5, 0.6) is 0 Å². The Labute approximate surface area is 148 Å². The average Bonchev–Trinajstić information content (AvgIpc) is 3.27. The molecule has 2 aliphatic heterocycles. The number of hydrogen-bond donors (Lipinski definition) is 2. The molecule has 0 radical (unpaired) electrons. The van der Waals surface area contributed by atoms with E-state index in [4.69, 9.17) is 9.47 Å². The highest BCUT2D eigenvalue weighted by Gasteiger charge is 2.42. The number of piperidine rings is 1. The number of nitrogens with zero attached hydrogens (tertiary/aromatic N) is 2. The number of nitrogens with one attached hydrogen (secondary N) is 2. The summed E-state index contributed by atoms with van der Waals surface area (Å²) in [6.07, 6.45) is 6.18. The van der Waals surface area contributed by atoms with Gasteiger partial charge >= 0.3 is 0 Å². The minimum atomic E-state index is -0.598. The van der Waals surface area contributed by atoms with Crippen LogP contribution in [0.4, 0.5) is 0 Å². The summed E-state index contributed by atoms with van der Waals surface area (Å²) >= 11 is 0. The predicted molar refractivity (Wildman–Crippen MR) is 92.3 cm³/mol.